The molecule has 2 aliphatic rings. The van der Waals surface area contributed by atoms with Gasteiger partial charge in [-0.15, -0.1) is 11.8 Å². The number of carbonyl (C=O) groups excluding carboxylic acids is 1. The number of ether oxygens (including phenoxy) is 2. The topological polar surface area (TPSA) is 76.9 Å². The quantitative estimate of drug-likeness (QED) is 0.103. The van der Waals surface area contributed by atoms with Crippen LogP contribution in [0.25, 0.3) is 22.0 Å². The number of alkyl halides is 3. The zero-order chi connectivity index (χ0) is 32.1. The number of benzene rings is 2. The van der Waals surface area contributed by atoms with E-state index < -0.39 is 57.3 Å². The molecule has 0 N–H and O–H groups in total. The predicted octanol–water partition coefficient (Wildman–Crippen LogP) is 5.89. The van der Waals surface area contributed by atoms with Gasteiger partial charge in [0, 0.05) is 65.5 Å². The van der Waals surface area contributed by atoms with Gasteiger partial charge in [-0.2, -0.15) is 18.2 Å². The molecule has 3 atom stereocenters. The van der Waals surface area contributed by atoms with Crippen molar-refractivity contribution in [2.24, 2.45) is 0 Å². The van der Waals surface area contributed by atoms with Crippen LogP contribution < -0.4 is 10.6 Å². The van der Waals surface area contributed by atoms with Gasteiger partial charge in [0.05, 0.1) is 28.8 Å². The van der Waals surface area contributed by atoms with Gasteiger partial charge in [0.2, 0.25) is 5.91 Å². The van der Waals surface area contributed by atoms with Crippen LogP contribution in [0.3, 0.4) is 0 Å². The van der Waals surface area contributed by atoms with Crippen LogP contribution in [0.1, 0.15) is 25.5 Å². The standard InChI is InChI=1S/C29H28ClF5N4O4S/c1-5-23(40)37-9-15(3)38(10-14(37)2)27-18-6-19(29(33,34)35)24(17-7-20(30)22(32)8-21(17)31)26-25(18)39(28(41)36-27)16(12-44-26)11-43-13-42-4/h5-8,14-16H,1,9-13H2,2-4H3/t14-,15+,16+/m1/s1. The third kappa shape index (κ3) is 5.68. The predicted molar refractivity (Wildman–Crippen MR) is 157 cm³/mol. The lowest BCUT2D eigenvalue weighted by Crippen LogP contribution is -2.58. The van der Waals surface area contributed by atoms with E-state index in [1.165, 1.54) is 17.8 Å². The number of rotatable bonds is 7. The smallest absolute Gasteiger partial charge is 0.359 e. The highest BCUT2D eigenvalue weighted by molar-refractivity contribution is 7.99. The molecule has 1 fully saturated rings. The minimum Gasteiger partial charge on any atom is -0.359 e. The molecule has 0 unspecified atom stereocenters. The summed E-state index contributed by atoms with van der Waals surface area (Å²) in [6, 6.07) is 0.622. The van der Waals surface area contributed by atoms with Crippen LogP contribution in [0.2, 0.25) is 5.02 Å². The summed E-state index contributed by atoms with van der Waals surface area (Å²) in [7, 11) is 1.42. The van der Waals surface area contributed by atoms with Gasteiger partial charge in [0.1, 0.15) is 24.2 Å². The highest BCUT2D eigenvalue weighted by Crippen LogP contribution is 2.51. The fourth-order valence-electron chi connectivity index (χ4n) is 5.75. The number of methoxy groups -OCH3 is 1. The molecule has 0 saturated carbocycles. The summed E-state index contributed by atoms with van der Waals surface area (Å²) in [6.45, 7) is 7.35. The van der Waals surface area contributed by atoms with Crippen LogP contribution >= 0.6 is 23.4 Å². The lowest BCUT2D eigenvalue weighted by Gasteiger charge is -2.45. The van der Waals surface area contributed by atoms with E-state index in [4.69, 9.17) is 21.1 Å². The molecule has 3 heterocycles. The van der Waals surface area contributed by atoms with Gasteiger partial charge >= 0.3 is 11.9 Å². The average molecular weight is 659 g/mol. The van der Waals surface area contributed by atoms with Gasteiger partial charge in [-0.3, -0.25) is 9.36 Å². The second-order valence-corrected chi connectivity index (χ2v) is 12.1. The number of halogens is 6. The van der Waals surface area contributed by atoms with E-state index in [0.717, 1.165) is 23.9 Å². The Balaban J connectivity index is 1.83. The molecule has 2 aliphatic heterocycles. The maximum absolute atomic E-state index is 15.2. The summed E-state index contributed by atoms with van der Waals surface area (Å²) in [5, 5.41) is -0.549. The molecule has 2 aromatic carbocycles. The number of nitrogens with zero attached hydrogens (tertiary/aromatic N) is 4. The first kappa shape index (κ1) is 32.2. The highest BCUT2D eigenvalue weighted by atomic mass is 35.5. The molecule has 15 heteroatoms. The summed E-state index contributed by atoms with van der Waals surface area (Å²) >= 11 is 6.91. The summed E-state index contributed by atoms with van der Waals surface area (Å²) in [5.41, 5.74) is -2.95. The maximum Gasteiger partial charge on any atom is 0.417 e. The average Bonchev–Trinajstić information content (AvgIpc) is 2.97. The molecular weight excluding hydrogens is 631 g/mol. The Labute approximate surface area is 258 Å². The van der Waals surface area contributed by atoms with E-state index in [2.05, 4.69) is 11.6 Å². The Morgan fingerprint density at radius 1 is 1.18 bits per heavy atom. The SMILES string of the molecule is C=CC(=O)N1C[C@H](C)N(c2nc(=O)n3c4c(c(-c5cc(Cl)c(F)cc5F)c(C(F)(F)F)cc24)SC[C@@H]3COCOC)C[C@H]1C. The zero-order valence-corrected chi connectivity index (χ0v) is 25.5. The fraction of sp³-hybridized carbons (Fsp3) is 0.414. The number of anilines is 1. The van der Waals surface area contributed by atoms with Gasteiger partial charge in [0.25, 0.3) is 0 Å². The van der Waals surface area contributed by atoms with Gasteiger partial charge in [-0.25, -0.2) is 13.6 Å². The molecule has 1 amide bonds. The molecule has 0 spiro atoms. The Morgan fingerprint density at radius 2 is 1.91 bits per heavy atom. The molecule has 5 rings (SSSR count). The summed E-state index contributed by atoms with van der Waals surface area (Å²) < 4.78 is 85.5. The van der Waals surface area contributed by atoms with E-state index in [9.17, 15) is 27.2 Å². The molecule has 236 valence electrons. The molecule has 1 aromatic heterocycles. The van der Waals surface area contributed by atoms with Gasteiger partial charge in [0.15, 0.2) is 0 Å². The third-order valence-electron chi connectivity index (χ3n) is 7.74. The Hall–Kier alpha value is -3.20. The van der Waals surface area contributed by atoms with Crippen LogP contribution in [-0.4, -0.2) is 71.8 Å². The van der Waals surface area contributed by atoms with Crippen molar-refractivity contribution in [3.8, 4) is 11.1 Å². The normalized spacial score (nSPS) is 20.3. The minimum absolute atomic E-state index is 0.00118. The number of carbonyl (C=O) groups is 1. The second kappa shape index (κ2) is 12.3. The third-order valence-corrected chi connectivity index (χ3v) is 9.27. The van der Waals surface area contributed by atoms with Crippen molar-refractivity contribution >= 4 is 46.0 Å². The van der Waals surface area contributed by atoms with Crippen molar-refractivity contribution in [1.82, 2.24) is 14.5 Å². The van der Waals surface area contributed by atoms with E-state index in [0.29, 0.717) is 6.07 Å². The van der Waals surface area contributed by atoms with Crippen LogP contribution in [-0.2, 0) is 20.4 Å². The van der Waals surface area contributed by atoms with Crippen molar-refractivity contribution in [2.75, 3.05) is 44.3 Å². The molecule has 44 heavy (non-hydrogen) atoms. The van der Waals surface area contributed by atoms with E-state index >= 15 is 4.39 Å². The lowest BCUT2D eigenvalue weighted by atomic mass is 9.95. The van der Waals surface area contributed by atoms with Crippen LogP contribution in [0.15, 0.2) is 40.5 Å². The fourth-order valence-corrected chi connectivity index (χ4v) is 7.23. The Bertz CT molecular complexity index is 1700. The highest BCUT2D eigenvalue weighted by Gasteiger charge is 2.41. The Morgan fingerprint density at radius 3 is 2.57 bits per heavy atom. The van der Waals surface area contributed by atoms with Gasteiger partial charge < -0.3 is 19.3 Å². The minimum atomic E-state index is -4.99. The maximum atomic E-state index is 15.2. The zero-order valence-electron chi connectivity index (χ0n) is 23.9. The molecule has 0 bridgehead atoms. The largest absolute Gasteiger partial charge is 0.417 e. The number of thioether (sulfide) groups is 1. The summed E-state index contributed by atoms with van der Waals surface area (Å²) in [5.74, 6) is -2.57. The number of hydrogen-bond donors (Lipinski definition) is 0. The molecule has 0 aliphatic carbocycles. The van der Waals surface area contributed by atoms with Crippen molar-refractivity contribution < 1.29 is 36.2 Å². The van der Waals surface area contributed by atoms with Gasteiger partial charge in [-0.1, -0.05) is 18.2 Å². The summed E-state index contributed by atoms with van der Waals surface area (Å²) in [6.07, 6.45) is -3.80. The lowest BCUT2D eigenvalue weighted by molar-refractivity contribution is -0.137. The van der Waals surface area contributed by atoms with Crippen molar-refractivity contribution in [2.45, 2.75) is 43.0 Å². The molecule has 8 nitrogen and oxygen atoms in total. The Kier molecular flexibility index (Phi) is 9.00. The molecular formula is C29H28ClF5N4O4S. The van der Waals surface area contributed by atoms with E-state index in [-0.39, 0.29) is 65.8 Å². The number of hydrogen-bond acceptors (Lipinski definition) is 7. The van der Waals surface area contributed by atoms with E-state index in [1.807, 2.05) is 0 Å². The van der Waals surface area contributed by atoms with Crippen LogP contribution in [0, 0.1) is 11.6 Å². The van der Waals surface area contributed by atoms with Crippen molar-refractivity contribution in [3.63, 3.8) is 0 Å². The molecule has 1 saturated heterocycles. The first-order valence-corrected chi connectivity index (χ1v) is 14.9. The van der Waals surface area contributed by atoms with E-state index in [1.54, 1.807) is 23.6 Å². The summed E-state index contributed by atoms with van der Waals surface area (Å²) in [4.78, 5) is 33.7. The number of amides is 1. The molecule has 3 aromatic rings. The van der Waals surface area contributed by atoms with Gasteiger partial charge in [-0.05, 0) is 32.1 Å². The number of aromatic nitrogens is 2. The number of piperazine rings is 1. The first-order chi connectivity index (χ1) is 20.8. The first-order valence-electron chi connectivity index (χ1n) is 13.5. The monoisotopic (exact) mass is 658 g/mol. The van der Waals surface area contributed by atoms with Crippen molar-refractivity contribution in [1.29, 1.82) is 0 Å². The van der Waals surface area contributed by atoms with Crippen LogP contribution in [0.5, 0.6) is 0 Å². The van der Waals surface area contributed by atoms with Crippen LogP contribution in [0.4, 0.5) is 27.8 Å². The second-order valence-electron chi connectivity index (χ2n) is 10.6. The molecule has 0 radical (unpaired) electrons. The van der Waals surface area contributed by atoms with Crippen molar-refractivity contribution in [3.05, 3.63) is 63.6 Å².